The molecule has 0 bridgehead atoms. The Kier molecular flexibility index (Phi) is 3.88. The highest BCUT2D eigenvalue weighted by molar-refractivity contribution is 7.99. The lowest BCUT2D eigenvalue weighted by Crippen LogP contribution is -1.94. The molecule has 1 heterocycles. The van der Waals surface area contributed by atoms with Crippen molar-refractivity contribution in [1.82, 2.24) is 9.78 Å². The first-order valence-corrected chi connectivity index (χ1v) is 6.94. The van der Waals surface area contributed by atoms with E-state index in [0.29, 0.717) is 5.92 Å². The summed E-state index contributed by atoms with van der Waals surface area (Å²) in [6.07, 6.45) is 0. The molecule has 1 aromatic heterocycles. The summed E-state index contributed by atoms with van der Waals surface area (Å²) in [6, 6.07) is 7.73. The SMILES string of the molecule is CC(C)c1nn(C)c(Sc2cccc(Cl)c2)c1N. The van der Waals surface area contributed by atoms with E-state index in [1.807, 2.05) is 36.0 Å². The van der Waals surface area contributed by atoms with E-state index in [1.54, 1.807) is 11.8 Å². The highest BCUT2D eigenvalue weighted by atomic mass is 35.5. The summed E-state index contributed by atoms with van der Waals surface area (Å²) in [5, 5.41) is 6.15. The molecule has 0 aliphatic rings. The van der Waals surface area contributed by atoms with E-state index in [2.05, 4.69) is 18.9 Å². The van der Waals surface area contributed by atoms with Gasteiger partial charge in [0.2, 0.25) is 0 Å². The molecule has 0 atom stereocenters. The fourth-order valence-corrected chi connectivity index (χ4v) is 2.93. The predicted octanol–water partition coefficient (Wildman–Crippen LogP) is 3.93. The highest BCUT2D eigenvalue weighted by Crippen LogP contribution is 2.36. The van der Waals surface area contributed by atoms with Crippen molar-refractivity contribution in [2.24, 2.45) is 7.05 Å². The van der Waals surface area contributed by atoms with Gasteiger partial charge in [-0.15, -0.1) is 0 Å². The molecule has 0 fully saturated rings. The third kappa shape index (κ3) is 2.65. The van der Waals surface area contributed by atoms with Gasteiger partial charge in [-0.1, -0.05) is 43.3 Å². The Morgan fingerprint density at radius 3 is 2.67 bits per heavy atom. The fourth-order valence-electron chi connectivity index (χ4n) is 1.73. The number of aryl methyl sites for hydroxylation is 1. The third-order valence-electron chi connectivity index (χ3n) is 2.62. The summed E-state index contributed by atoms with van der Waals surface area (Å²) in [4.78, 5) is 1.06. The molecule has 0 spiro atoms. The Labute approximate surface area is 116 Å². The van der Waals surface area contributed by atoms with E-state index in [0.717, 1.165) is 26.3 Å². The number of nitrogens with zero attached hydrogens (tertiary/aromatic N) is 2. The molecule has 1 aromatic carbocycles. The van der Waals surface area contributed by atoms with Crippen LogP contribution in [-0.4, -0.2) is 9.78 Å². The van der Waals surface area contributed by atoms with Crippen LogP contribution in [0.15, 0.2) is 34.2 Å². The number of hydrogen-bond donors (Lipinski definition) is 1. The molecule has 5 heteroatoms. The molecule has 0 saturated heterocycles. The summed E-state index contributed by atoms with van der Waals surface area (Å²) in [5.74, 6) is 0.324. The molecule has 0 radical (unpaired) electrons. The van der Waals surface area contributed by atoms with Gasteiger partial charge in [0, 0.05) is 17.0 Å². The molecule has 18 heavy (non-hydrogen) atoms. The first kappa shape index (κ1) is 13.3. The molecule has 96 valence electrons. The lowest BCUT2D eigenvalue weighted by Gasteiger charge is -2.04. The van der Waals surface area contributed by atoms with Crippen molar-refractivity contribution in [2.45, 2.75) is 29.7 Å². The van der Waals surface area contributed by atoms with Gasteiger partial charge in [0.15, 0.2) is 0 Å². The molecular formula is C13H16ClN3S. The topological polar surface area (TPSA) is 43.8 Å². The summed E-state index contributed by atoms with van der Waals surface area (Å²) in [6.45, 7) is 4.18. The molecule has 3 nitrogen and oxygen atoms in total. The predicted molar refractivity (Wildman–Crippen MR) is 77.3 cm³/mol. The van der Waals surface area contributed by atoms with Gasteiger partial charge >= 0.3 is 0 Å². The van der Waals surface area contributed by atoms with E-state index in [9.17, 15) is 0 Å². The van der Waals surface area contributed by atoms with Crippen LogP contribution < -0.4 is 5.73 Å². The number of benzene rings is 1. The van der Waals surface area contributed by atoms with Crippen molar-refractivity contribution in [1.29, 1.82) is 0 Å². The molecule has 2 rings (SSSR count). The number of nitrogen functional groups attached to an aromatic ring is 1. The summed E-state index contributed by atoms with van der Waals surface area (Å²) in [5.41, 5.74) is 7.86. The number of aromatic nitrogens is 2. The van der Waals surface area contributed by atoms with Gasteiger partial charge in [-0.2, -0.15) is 5.10 Å². The van der Waals surface area contributed by atoms with E-state index in [1.165, 1.54) is 0 Å². The zero-order valence-electron chi connectivity index (χ0n) is 10.6. The Morgan fingerprint density at radius 2 is 2.11 bits per heavy atom. The molecule has 0 aliphatic heterocycles. The standard InChI is InChI=1S/C13H16ClN3S/c1-8(2)12-11(15)13(17(3)16-12)18-10-6-4-5-9(14)7-10/h4-8H,15H2,1-3H3. The minimum absolute atomic E-state index is 0.324. The van der Waals surface area contributed by atoms with Crippen molar-refractivity contribution in [3.05, 3.63) is 35.0 Å². The van der Waals surface area contributed by atoms with Gasteiger partial charge in [-0.25, -0.2) is 0 Å². The average Bonchev–Trinajstić information content (AvgIpc) is 2.57. The molecule has 0 saturated carbocycles. The van der Waals surface area contributed by atoms with E-state index in [-0.39, 0.29) is 0 Å². The lowest BCUT2D eigenvalue weighted by atomic mass is 10.1. The van der Waals surface area contributed by atoms with Crippen molar-refractivity contribution >= 4 is 29.1 Å². The Morgan fingerprint density at radius 1 is 1.39 bits per heavy atom. The van der Waals surface area contributed by atoms with Crippen LogP contribution in [0.4, 0.5) is 5.69 Å². The van der Waals surface area contributed by atoms with E-state index in [4.69, 9.17) is 17.3 Å². The van der Waals surface area contributed by atoms with E-state index >= 15 is 0 Å². The maximum Gasteiger partial charge on any atom is 0.122 e. The van der Waals surface area contributed by atoms with Crippen LogP contribution in [0.1, 0.15) is 25.5 Å². The van der Waals surface area contributed by atoms with Crippen molar-refractivity contribution in [2.75, 3.05) is 5.73 Å². The number of anilines is 1. The van der Waals surface area contributed by atoms with Crippen molar-refractivity contribution in [3.8, 4) is 0 Å². The van der Waals surface area contributed by atoms with Gasteiger partial charge in [0.05, 0.1) is 11.4 Å². The molecule has 0 aliphatic carbocycles. The molecule has 2 aromatic rings. The second-order valence-electron chi connectivity index (χ2n) is 4.44. The molecule has 2 N–H and O–H groups in total. The van der Waals surface area contributed by atoms with Crippen LogP contribution in [0.25, 0.3) is 0 Å². The lowest BCUT2D eigenvalue weighted by molar-refractivity contribution is 0.671. The van der Waals surface area contributed by atoms with Crippen LogP contribution in [0.2, 0.25) is 5.02 Å². The smallest absolute Gasteiger partial charge is 0.122 e. The minimum Gasteiger partial charge on any atom is -0.395 e. The Bertz CT molecular complexity index is 563. The summed E-state index contributed by atoms with van der Waals surface area (Å²) >= 11 is 7.56. The molecule has 0 unspecified atom stereocenters. The third-order valence-corrected chi connectivity index (χ3v) is 4.02. The van der Waals surface area contributed by atoms with Gasteiger partial charge in [0.1, 0.15) is 5.03 Å². The molecular weight excluding hydrogens is 266 g/mol. The van der Waals surface area contributed by atoms with Crippen molar-refractivity contribution < 1.29 is 0 Å². The maximum atomic E-state index is 6.15. The Hall–Kier alpha value is -1.13. The maximum absolute atomic E-state index is 6.15. The number of halogens is 1. The number of nitrogens with two attached hydrogens (primary N) is 1. The van der Waals surface area contributed by atoms with Crippen molar-refractivity contribution in [3.63, 3.8) is 0 Å². The minimum atomic E-state index is 0.324. The first-order valence-electron chi connectivity index (χ1n) is 5.75. The van der Waals surface area contributed by atoms with Gasteiger partial charge in [0.25, 0.3) is 0 Å². The van der Waals surface area contributed by atoms with Gasteiger partial charge in [-0.3, -0.25) is 4.68 Å². The summed E-state index contributed by atoms with van der Waals surface area (Å²) < 4.78 is 1.83. The second kappa shape index (κ2) is 5.24. The Balaban J connectivity index is 2.35. The zero-order valence-corrected chi connectivity index (χ0v) is 12.2. The van der Waals surface area contributed by atoms with Crippen LogP contribution in [0.3, 0.4) is 0 Å². The normalized spacial score (nSPS) is 11.2. The largest absolute Gasteiger partial charge is 0.395 e. The van der Waals surface area contributed by atoms with E-state index < -0.39 is 0 Å². The highest BCUT2D eigenvalue weighted by Gasteiger charge is 2.16. The average molecular weight is 282 g/mol. The number of hydrogen-bond acceptors (Lipinski definition) is 3. The van der Waals surface area contributed by atoms with Crippen LogP contribution in [0, 0.1) is 0 Å². The molecule has 0 amide bonds. The monoisotopic (exact) mass is 281 g/mol. The first-order chi connectivity index (χ1) is 8.49. The van der Waals surface area contributed by atoms with Crippen LogP contribution in [-0.2, 0) is 7.05 Å². The quantitative estimate of drug-likeness (QED) is 0.927. The second-order valence-corrected chi connectivity index (χ2v) is 5.94. The van der Waals surface area contributed by atoms with Gasteiger partial charge < -0.3 is 5.73 Å². The number of rotatable bonds is 3. The van der Waals surface area contributed by atoms with Crippen LogP contribution in [0.5, 0.6) is 0 Å². The fraction of sp³-hybridized carbons (Fsp3) is 0.308. The van der Waals surface area contributed by atoms with Gasteiger partial charge in [-0.05, 0) is 24.1 Å². The van der Waals surface area contributed by atoms with Crippen LogP contribution >= 0.6 is 23.4 Å². The zero-order chi connectivity index (χ0) is 13.3. The summed E-state index contributed by atoms with van der Waals surface area (Å²) in [7, 11) is 1.91.